The molecule has 9 heteroatoms. The highest BCUT2D eigenvalue weighted by Gasteiger charge is 2.20. The molecule has 0 saturated carbocycles. The highest BCUT2D eigenvalue weighted by atomic mass is 35.5. The summed E-state index contributed by atoms with van der Waals surface area (Å²) >= 11 is 6.20. The van der Waals surface area contributed by atoms with Crippen LogP contribution in [0.2, 0.25) is 5.02 Å². The molecule has 0 fully saturated rings. The normalized spacial score (nSPS) is 12.9. The van der Waals surface area contributed by atoms with Crippen molar-refractivity contribution < 1.29 is 9.59 Å². The number of anilines is 2. The van der Waals surface area contributed by atoms with Gasteiger partial charge in [-0.1, -0.05) is 25.4 Å². The minimum atomic E-state index is -0.219. The third-order valence-electron chi connectivity index (χ3n) is 4.81. The van der Waals surface area contributed by atoms with Gasteiger partial charge < -0.3 is 20.4 Å². The van der Waals surface area contributed by atoms with E-state index in [4.69, 9.17) is 16.6 Å². The largest absolute Gasteiger partial charge is 0.359 e. The molecule has 0 bridgehead atoms. The zero-order valence-corrected chi connectivity index (χ0v) is 18.5. The summed E-state index contributed by atoms with van der Waals surface area (Å²) in [5.74, 6) is 0.673. The smallest absolute Gasteiger partial charge is 0.227 e. The van der Waals surface area contributed by atoms with Crippen LogP contribution in [0.1, 0.15) is 13.8 Å². The van der Waals surface area contributed by atoms with Crippen molar-refractivity contribution in [2.24, 2.45) is 11.8 Å². The van der Waals surface area contributed by atoms with Gasteiger partial charge in [0.1, 0.15) is 5.82 Å². The molecule has 0 aliphatic heterocycles. The van der Waals surface area contributed by atoms with Gasteiger partial charge in [0.2, 0.25) is 17.8 Å². The number of fused-ring (bicyclic) bond motifs is 1. The second-order valence-electron chi connectivity index (χ2n) is 7.30. The molecule has 0 saturated heterocycles. The molecule has 1 aromatic carbocycles. The lowest BCUT2D eigenvalue weighted by atomic mass is 10.1. The quantitative estimate of drug-likeness (QED) is 0.678. The third kappa shape index (κ3) is 5.47. The van der Waals surface area contributed by atoms with Crippen molar-refractivity contribution in [1.82, 2.24) is 20.6 Å². The van der Waals surface area contributed by atoms with Gasteiger partial charge in [-0.15, -0.1) is 0 Å². The molecule has 1 heterocycles. The molecule has 1 aromatic heterocycles. The van der Waals surface area contributed by atoms with Crippen molar-refractivity contribution in [2.45, 2.75) is 13.8 Å². The minimum absolute atomic E-state index is 0.0370. The number of hydrogen-bond donors (Lipinski definition) is 2. The number of carbonyl (C=O) groups is 2. The first-order chi connectivity index (χ1) is 13.7. The number of nitrogens with zero attached hydrogens (tertiary/aromatic N) is 4. The Kier molecular flexibility index (Phi) is 7.61. The standard InChI is InChI=1S/C20H29ClN6O2/c1-12(18(28)22-3)10-26(5)17-15-9-14(21)7-8-16(15)24-20(25-17)27(6)11-13(2)19(29)23-4/h7-9,12-13H,10-11H2,1-6H3,(H,22,28)(H,23,29)/t12-,13+/m0/s1. The summed E-state index contributed by atoms with van der Waals surface area (Å²) in [7, 11) is 6.99. The van der Waals surface area contributed by atoms with Gasteiger partial charge in [-0.2, -0.15) is 4.98 Å². The van der Waals surface area contributed by atoms with E-state index in [-0.39, 0.29) is 23.7 Å². The van der Waals surface area contributed by atoms with Gasteiger partial charge in [-0.3, -0.25) is 9.59 Å². The van der Waals surface area contributed by atoms with Gasteiger partial charge in [0, 0.05) is 51.7 Å². The zero-order valence-electron chi connectivity index (χ0n) is 17.8. The maximum Gasteiger partial charge on any atom is 0.227 e. The maximum absolute atomic E-state index is 11.9. The second-order valence-corrected chi connectivity index (χ2v) is 7.74. The Morgan fingerprint density at radius 1 is 1.00 bits per heavy atom. The fourth-order valence-electron chi connectivity index (χ4n) is 3.18. The molecular weight excluding hydrogens is 392 g/mol. The van der Waals surface area contributed by atoms with Crippen LogP contribution in [-0.2, 0) is 9.59 Å². The Morgan fingerprint density at radius 2 is 1.55 bits per heavy atom. The van der Waals surface area contributed by atoms with E-state index < -0.39 is 0 Å². The van der Waals surface area contributed by atoms with Crippen molar-refractivity contribution in [3.05, 3.63) is 23.2 Å². The molecule has 2 N–H and O–H groups in total. The first-order valence-corrected chi connectivity index (χ1v) is 9.88. The topological polar surface area (TPSA) is 90.5 Å². The zero-order chi connectivity index (χ0) is 21.7. The minimum Gasteiger partial charge on any atom is -0.359 e. The van der Waals surface area contributed by atoms with Gasteiger partial charge in [0.25, 0.3) is 0 Å². The Balaban J connectivity index is 2.43. The molecule has 2 aromatic rings. The Morgan fingerprint density at radius 3 is 2.10 bits per heavy atom. The lowest BCUT2D eigenvalue weighted by molar-refractivity contribution is -0.124. The molecule has 8 nitrogen and oxygen atoms in total. The van der Waals surface area contributed by atoms with Gasteiger partial charge in [0.05, 0.1) is 17.4 Å². The average Bonchev–Trinajstić information content (AvgIpc) is 2.71. The van der Waals surface area contributed by atoms with Crippen molar-refractivity contribution in [1.29, 1.82) is 0 Å². The van der Waals surface area contributed by atoms with E-state index >= 15 is 0 Å². The summed E-state index contributed by atoms with van der Waals surface area (Å²) in [5.41, 5.74) is 0.744. The lowest BCUT2D eigenvalue weighted by Gasteiger charge is -2.26. The van der Waals surface area contributed by atoms with E-state index in [2.05, 4.69) is 15.6 Å². The predicted octanol–water partition coefficient (Wildman–Crippen LogP) is 1.92. The molecular formula is C20H29ClN6O2. The number of nitrogens with one attached hydrogen (secondary N) is 2. The summed E-state index contributed by atoms with van der Waals surface area (Å²) < 4.78 is 0. The van der Waals surface area contributed by atoms with Gasteiger partial charge in [-0.25, -0.2) is 4.98 Å². The Bertz CT molecular complexity index is 891. The Hall–Kier alpha value is -2.61. The van der Waals surface area contributed by atoms with Crippen LogP contribution >= 0.6 is 11.6 Å². The molecule has 0 unspecified atom stereocenters. The van der Waals surface area contributed by atoms with Crippen LogP contribution in [0.4, 0.5) is 11.8 Å². The average molecular weight is 421 g/mol. The van der Waals surface area contributed by atoms with Crippen LogP contribution in [0, 0.1) is 11.8 Å². The maximum atomic E-state index is 11.9. The van der Waals surface area contributed by atoms with Crippen LogP contribution < -0.4 is 20.4 Å². The van der Waals surface area contributed by atoms with E-state index in [1.54, 1.807) is 20.2 Å². The van der Waals surface area contributed by atoms with Crippen LogP contribution in [0.25, 0.3) is 10.9 Å². The van der Waals surface area contributed by atoms with Gasteiger partial charge >= 0.3 is 0 Å². The molecule has 2 rings (SSSR count). The summed E-state index contributed by atoms with van der Waals surface area (Å²) in [6, 6.07) is 5.45. The number of benzene rings is 1. The van der Waals surface area contributed by atoms with E-state index in [0.717, 1.165) is 10.9 Å². The number of amides is 2. The van der Waals surface area contributed by atoms with Crippen LogP contribution in [-0.4, -0.2) is 63.1 Å². The fourth-order valence-corrected chi connectivity index (χ4v) is 3.35. The molecule has 2 atom stereocenters. The molecule has 0 radical (unpaired) electrons. The van der Waals surface area contributed by atoms with E-state index in [1.807, 2.05) is 49.9 Å². The van der Waals surface area contributed by atoms with Crippen molar-refractivity contribution in [3.63, 3.8) is 0 Å². The van der Waals surface area contributed by atoms with E-state index in [0.29, 0.717) is 29.9 Å². The van der Waals surface area contributed by atoms with E-state index in [1.165, 1.54) is 0 Å². The van der Waals surface area contributed by atoms with Crippen molar-refractivity contribution >= 4 is 46.1 Å². The monoisotopic (exact) mass is 420 g/mol. The van der Waals surface area contributed by atoms with Crippen molar-refractivity contribution in [2.75, 3.05) is 51.1 Å². The van der Waals surface area contributed by atoms with Crippen LogP contribution in [0.15, 0.2) is 18.2 Å². The molecule has 0 spiro atoms. The lowest BCUT2D eigenvalue weighted by Crippen LogP contribution is -2.36. The van der Waals surface area contributed by atoms with E-state index in [9.17, 15) is 9.59 Å². The fraction of sp³-hybridized carbons (Fsp3) is 0.500. The summed E-state index contributed by atoms with van der Waals surface area (Å²) in [6.45, 7) is 4.67. The van der Waals surface area contributed by atoms with Crippen LogP contribution in [0.5, 0.6) is 0 Å². The number of aromatic nitrogens is 2. The molecule has 158 valence electrons. The third-order valence-corrected chi connectivity index (χ3v) is 5.05. The van der Waals surface area contributed by atoms with Gasteiger partial charge in [-0.05, 0) is 18.2 Å². The molecule has 0 aliphatic rings. The first-order valence-electron chi connectivity index (χ1n) is 9.50. The molecule has 0 aliphatic carbocycles. The highest BCUT2D eigenvalue weighted by molar-refractivity contribution is 6.31. The molecule has 29 heavy (non-hydrogen) atoms. The summed E-state index contributed by atoms with van der Waals surface area (Å²) in [6.07, 6.45) is 0. The number of carbonyl (C=O) groups excluding carboxylic acids is 2. The number of rotatable bonds is 8. The summed E-state index contributed by atoms with van der Waals surface area (Å²) in [5, 5.41) is 6.72. The predicted molar refractivity (Wildman–Crippen MR) is 118 cm³/mol. The number of halogens is 1. The molecule has 2 amide bonds. The first kappa shape index (κ1) is 22.7. The van der Waals surface area contributed by atoms with Crippen LogP contribution in [0.3, 0.4) is 0 Å². The highest BCUT2D eigenvalue weighted by Crippen LogP contribution is 2.29. The van der Waals surface area contributed by atoms with Gasteiger partial charge in [0.15, 0.2) is 0 Å². The second kappa shape index (κ2) is 9.73. The number of hydrogen-bond acceptors (Lipinski definition) is 6. The summed E-state index contributed by atoms with van der Waals surface area (Å²) in [4.78, 5) is 37.0. The Labute approximate surface area is 176 Å². The SMILES string of the molecule is CNC(=O)[C@H](C)CN(C)c1nc(N(C)C[C@H](C)C(=O)NC)c2cc(Cl)ccc2n1. The van der Waals surface area contributed by atoms with Crippen molar-refractivity contribution in [3.8, 4) is 0 Å².